The van der Waals surface area contributed by atoms with Crippen molar-refractivity contribution < 1.29 is 4.74 Å². The molecule has 1 fully saturated rings. The van der Waals surface area contributed by atoms with Gasteiger partial charge in [-0.15, -0.1) is 0 Å². The van der Waals surface area contributed by atoms with E-state index in [4.69, 9.17) is 16.2 Å². The standard InChI is InChI=1S/C8H14N6O/c9-6-5-7(12-8(10)11-6)13-14-1-3-15-4-2-14/h5H,1-4H2,(H5,9,10,11,12,13). The SMILES string of the molecule is Nc1cc(NN2CCOCC2)nc(N)n1. The summed E-state index contributed by atoms with van der Waals surface area (Å²) in [5.41, 5.74) is 14.1. The van der Waals surface area contributed by atoms with Crippen molar-refractivity contribution in [1.82, 2.24) is 15.0 Å². The van der Waals surface area contributed by atoms with Crippen LogP contribution < -0.4 is 16.9 Å². The molecule has 1 saturated heterocycles. The summed E-state index contributed by atoms with van der Waals surface area (Å²) in [6.45, 7) is 3.04. The molecule has 7 heteroatoms. The fraction of sp³-hybridized carbons (Fsp3) is 0.500. The number of nitrogens with two attached hydrogens (primary N) is 2. The molecule has 0 aliphatic carbocycles. The molecular formula is C8H14N6O. The lowest BCUT2D eigenvalue weighted by molar-refractivity contribution is 0.0495. The van der Waals surface area contributed by atoms with Crippen molar-refractivity contribution in [3.05, 3.63) is 6.07 Å². The Morgan fingerprint density at radius 1 is 1.27 bits per heavy atom. The molecule has 0 atom stereocenters. The van der Waals surface area contributed by atoms with E-state index in [1.807, 2.05) is 5.01 Å². The Labute approximate surface area is 87.4 Å². The summed E-state index contributed by atoms with van der Waals surface area (Å²) in [6.07, 6.45) is 0. The van der Waals surface area contributed by atoms with E-state index in [-0.39, 0.29) is 5.95 Å². The van der Waals surface area contributed by atoms with Crippen molar-refractivity contribution in [2.24, 2.45) is 0 Å². The molecule has 1 aromatic rings. The van der Waals surface area contributed by atoms with Gasteiger partial charge in [0, 0.05) is 19.2 Å². The molecule has 5 N–H and O–H groups in total. The highest BCUT2D eigenvalue weighted by molar-refractivity contribution is 5.47. The molecule has 0 bridgehead atoms. The third-order valence-corrected chi connectivity index (χ3v) is 2.05. The van der Waals surface area contributed by atoms with E-state index in [1.54, 1.807) is 6.07 Å². The molecular weight excluding hydrogens is 196 g/mol. The van der Waals surface area contributed by atoms with E-state index < -0.39 is 0 Å². The molecule has 2 heterocycles. The first-order chi connectivity index (χ1) is 7.24. The smallest absolute Gasteiger partial charge is 0.223 e. The van der Waals surface area contributed by atoms with Gasteiger partial charge in [0.25, 0.3) is 0 Å². The largest absolute Gasteiger partial charge is 0.383 e. The highest BCUT2D eigenvalue weighted by atomic mass is 16.5. The molecule has 7 nitrogen and oxygen atoms in total. The molecule has 82 valence electrons. The van der Waals surface area contributed by atoms with Gasteiger partial charge in [-0.1, -0.05) is 0 Å². The van der Waals surface area contributed by atoms with Gasteiger partial charge in [0.1, 0.15) is 11.6 Å². The third-order valence-electron chi connectivity index (χ3n) is 2.05. The number of anilines is 3. The Hall–Kier alpha value is -1.60. The number of morpholine rings is 1. The van der Waals surface area contributed by atoms with Crippen LogP contribution in [0, 0.1) is 0 Å². The summed E-state index contributed by atoms with van der Waals surface area (Å²) < 4.78 is 5.22. The number of nitrogens with zero attached hydrogens (tertiary/aromatic N) is 3. The monoisotopic (exact) mass is 210 g/mol. The molecule has 1 aromatic heterocycles. The van der Waals surface area contributed by atoms with Crippen molar-refractivity contribution in [1.29, 1.82) is 0 Å². The van der Waals surface area contributed by atoms with E-state index in [2.05, 4.69) is 15.4 Å². The Bertz CT molecular complexity index is 318. The number of nitrogens with one attached hydrogen (secondary N) is 1. The van der Waals surface area contributed by atoms with Gasteiger partial charge in [-0.05, 0) is 0 Å². The summed E-state index contributed by atoms with van der Waals surface area (Å²) in [7, 11) is 0. The molecule has 0 radical (unpaired) electrons. The molecule has 1 aliphatic heterocycles. The lowest BCUT2D eigenvalue weighted by Gasteiger charge is -2.27. The maximum atomic E-state index is 5.55. The van der Waals surface area contributed by atoms with Crippen LogP contribution in [0.1, 0.15) is 0 Å². The summed E-state index contributed by atoms with van der Waals surface area (Å²) in [5, 5.41) is 2.00. The normalized spacial score (nSPS) is 17.6. The summed E-state index contributed by atoms with van der Waals surface area (Å²) in [5.74, 6) is 1.14. The first-order valence-corrected chi connectivity index (χ1v) is 4.73. The number of ether oxygens (including phenoxy) is 1. The molecule has 0 unspecified atom stereocenters. The van der Waals surface area contributed by atoms with Gasteiger partial charge in [-0.25, -0.2) is 5.01 Å². The third kappa shape index (κ3) is 2.67. The van der Waals surface area contributed by atoms with Crippen LogP contribution in [0.3, 0.4) is 0 Å². The molecule has 1 aliphatic rings. The highest BCUT2D eigenvalue weighted by Crippen LogP contribution is 2.10. The number of hydrogen-bond donors (Lipinski definition) is 3. The predicted octanol–water partition coefficient (Wildman–Crippen LogP) is -0.700. The molecule has 2 rings (SSSR count). The van der Waals surface area contributed by atoms with Crippen LogP contribution >= 0.6 is 0 Å². The van der Waals surface area contributed by atoms with E-state index in [1.165, 1.54) is 0 Å². The van der Waals surface area contributed by atoms with E-state index >= 15 is 0 Å². The van der Waals surface area contributed by atoms with Gasteiger partial charge < -0.3 is 21.6 Å². The van der Waals surface area contributed by atoms with Crippen molar-refractivity contribution >= 4 is 17.6 Å². The Morgan fingerprint density at radius 3 is 2.67 bits per heavy atom. The zero-order chi connectivity index (χ0) is 10.7. The zero-order valence-electron chi connectivity index (χ0n) is 8.31. The molecule has 0 spiro atoms. The average Bonchev–Trinajstić information content (AvgIpc) is 2.17. The summed E-state index contributed by atoms with van der Waals surface area (Å²) >= 11 is 0. The maximum Gasteiger partial charge on any atom is 0.223 e. The van der Waals surface area contributed by atoms with E-state index in [0.717, 1.165) is 13.1 Å². The Kier molecular flexibility index (Phi) is 2.84. The fourth-order valence-corrected chi connectivity index (χ4v) is 1.38. The van der Waals surface area contributed by atoms with Gasteiger partial charge in [0.2, 0.25) is 5.95 Å². The molecule has 0 aromatic carbocycles. The van der Waals surface area contributed by atoms with Crippen LogP contribution in [0.25, 0.3) is 0 Å². The first-order valence-electron chi connectivity index (χ1n) is 4.73. The zero-order valence-corrected chi connectivity index (χ0v) is 8.31. The van der Waals surface area contributed by atoms with Crippen molar-refractivity contribution in [3.8, 4) is 0 Å². The highest BCUT2D eigenvalue weighted by Gasteiger charge is 2.10. The quantitative estimate of drug-likeness (QED) is 0.593. The minimum Gasteiger partial charge on any atom is -0.383 e. The first kappa shape index (κ1) is 9.94. The van der Waals surface area contributed by atoms with Gasteiger partial charge in [0.05, 0.1) is 13.2 Å². The fourth-order valence-electron chi connectivity index (χ4n) is 1.38. The number of aromatic nitrogens is 2. The van der Waals surface area contributed by atoms with E-state index in [0.29, 0.717) is 24.8 Å². The van der Waals surface area contributed by atoms with Crippen LogP contribution in [-0.4, -0.2) is 41.3 Å². The number of hydrogen-bond acceptors (Lipinski definition) is 7. The Balaban J connectivity index is 2.02. The summed E-state index contributed by atoms with van der Waals surface area (Å²) in [6, 6.07) is 1.64. The van der Waals surface area contributed by atoms with E-state index in [9.17, 15) is 0 Å². The summed E-state index contributed by atoms with van der Waals surface area (Å²) in [4.78, 5) is 7.81. The number of nitrogen functional groups attached to an aromatic ring is 2. The van der Waals surface area contributed by atoms with Crippen LogP contribution in [0.2, 0.25) is 0 Å². The number of hydrazine groups is 1. The minimum absolute atomic E-state index is 0.172. The van der Waals surface area contributed by atoms with Gasteiger partial charge in [-0.3, -0.25) is 0 Å². The van der Waals surface area contributed by atoms with Gasteiger partial charge >= 0.3 is 0 Å². The topological polar surface area (TPSA) is 102 Å². The average molecular weight is 210 g/mol. The predicted molar refractivity (Wildman–Crippen MR) is 56.9 cm³/mol. The lowest BCUT2D eigenvalue weighted by Crippen LogP contribution is -2.40. The number of rotatable bonds is 2. The second-order valence-corrected chi connectivity index (χ2v) is 3.25. The molecule has 0 amide bonds. The second-order valence-electron chi connectivity index (χ2n) is 3.25. The van der Waals surface area contributed by atoms with Crippen molar-refractivity contribution in [3.63, 3.8) is 0 Å². The van der Waals surface area contributed by atoms with Crippen LogP contribution in [0.5, 0.6) is 0 Å². The van der Waals surface area contributed by atoms with Gasteiger partial charge in [0.15, 0.2) is 0 Å². The molecule has 15 heavy (non-hydrogen) atoms. The maximum absolute atomic E-state index is 5.55. The Morgan fingerprint density at radius 2 is 2.00 bits per heavy atom. The van der Waals surface area contributed by atoms with Crippen LogP contribution in [0.4, 0.5) is 17.6 Å². The van der Waals surface area contributed by atoms with Crippen molar-refractivity contribution in [2.45, 2.75) is 0 Å². The minimum atomic E-state index is 0.172. The van der Waals surface area contributed by atoms with Crippen LogP contribution in [0.15, 0.2) is 6.07 Å². The second kappa shape index (κ2) is 4.28. The lowest BCUT2D eigenvalue weighted by atomic mass is 10.5. The molecule has 0 saturated carbocycles. The van der Waals surface area contributed by atoms with Gasteiger partial charge in [-0.2, -0.15) is 9.97 Å². The van der Waals surface area contributed by atoms with Crippen LogP contribution in [-0.2, 0) is 4.74 Å². The van der Waals surface area contributed by atoms with Crippen molar-refractivity contribution in [2.75, 3.05) is 43.2 Å².